The molecule has 70 valence electrons. The Kier molecular flexibility index (Phi) is 2.81. The monoisotopic (exact) mass is 183 g/mol. The predicted octanol–water partition coefficient (Wildman–Crippen LogP) is 0.281. The number of carbonyl (C=O) groups is 1. The smallest absolute Gasteiger partial charge is 0.341 e. The second-order valence-electron chi connectivity index (χ2n) is 2.32. The zero-order chi connectivity index (χ0) is 9.84. The molecule has 0 saturated heterocycles. The van der Waals surface area contributed by atoms with Crippen molar-refractivity contribution in [3.8, 4) is 5.88 Å². The van der Waals surface area contributed by atoms with Gasteiger partial charge >= 0.3 is 5.97 Å². The summed E-state index contributed by atoms with van der Waals surface area (Å²) >= 11 is 0. The molecule has 1 rings (SSSR count). The molecule has 0 spiro atoms. The average molecular weight is 183 g/mol. The molecular weight excluding hydrogens is 174 g/mol. The number of methoxy groups -OCH3 is 1. The summed E-state index contributed by atoms with van der Waals surface area (Å²) < 4.78 is 4.75. The van der Waals surface area contributed by atoms with Gasteiger partial charge in [0.05, 0.1) is 19.4 Å². The van der Waals surface area contributed by atoms with Crippen LogP contribution in [0.25, 0.3) is 0 Å². The van der Waals surface area contributed by atoms with Gasteiger partial charge in [-0.1, -0.05) is 0 Å². The first kappa shape index (κ1) is 9.47. The Hall–Kier alpha value is -1.62. The molecule has 2 N–H and O–H groups in total. The normalized spacial score (nSPS) is 9.69. The molecule has 0 aromatic carbocycles. The Balaban J connectivity index is 3.15. The molecular formula is C8H9NO4. The van der Waals surface area contributed by atoms with Gasteiger partial charge in [-0.25, -0.2) is 9.78 Å². The summed E-state index contributed by atoms with van der Waals surface area (Å²) in [5.41, 5.74) is 0.363. The maximum Gasteiger partial charge on any atom is 0.341 e. The number of carboxylic acid groups (broad SMARTS) is 1. The number of nitrogens with zero attached hydrogens (tertiary/aromatic N) is 1. The largest absolute Gasteiger partial charge is 0.480 e. The van der Waals surface area contributed by atoms with Crippen LogP contribution in [0.3, 0.4) is 0 Å². The SMILES string of the molecule is COc1nc(CO)ccc1C(=O)O. The molecule has 0 radical (unpaired) electrons. The van der Waals surface area contributed by atoms with E-state index in [9.17, 15) is 4.79 Å². The fraction of sp³-hybridized carbons (Fsp3) is 0.250. The first-order chi connectivity index (χ1) is 6.19. The Bertz CT molecular complexity index is 324. The summed E-state index contributed by atoms with van der Waals surface area (Å²) in [4.78, 5) is 14.4. The molecule has 0 atom stereocenters. The zero-order valence-corrected chi connectivity index (χ0v) is 7.02. The molecule has 5 nitrogen and oxygen atoms in total. The van der Waals surface area contributed by atoms with Crippen LogP contribution < -0.4 is 4.74 Å². The van der Waals surface area contributed by atoms with E-state index in [0.29, 0.717) is 5.69 Å². The third kappa shape index (κ3) is 1.94. The van der Waals surface area contributed by atoms with Gasteiger partial charge in [0.25, 0.3) is 0 Å². The molecule has 0 saturated carbocycles. The summed E-state index contributed by atoms with van der Waals surface area (Å²) in [5, 5.41) is 17.4. The number of aromatic carboxylic acids is 1. The van der Waals surface area contributed by atoms with Crippen LogP contribution in [0.4, 0.5) is 0 Å². The third-order valence-corrected chi connectivity index (χ3v) is 1.50. The molecule has 0 unspecified atom stereocenters. The lowest BCUT2D eigenvalue weighted by Crippen LogP contribution is -2.04. The van der Waals surface area contributed by atoms with Gasteiger partial charge < -0.3 is 14.9 Å². The second kappa shape index (κ2) is 3.86. The van der Waals surface area contributed by atoms with Gasteiger partial charge in [0, 0.05) is 0 Å². The average Bonchev–Trinajstić information content (AvgIpc) is 2.16. The lowest BCUT2D eigenvalue weighted by atomic mass is 10.2. The van der Waals surface area contributed by atoms with Crippen molar-refractivity contribution in [2.75, 3.05) is 7.11 Å². The quantitative estimate of drug-likeness (QED) is 0.703. The molecule has 0 fully saturated rings. The summed E-state index contributed by atoms with van der Waals surface area (Å²) in [7, 11) is 1.33. The van der Waals surface area contributed by atoms with E-state index in [1.807, 2.05) is 0 Å². The van der Waals surface area contributed by atoms with Crippen molar-refractivity contribution in [1.82, 2.24) is 4.98 Å². The molecule has 13 heavy (non-hydrogen) atoms. The van der Waals surface area contributed by atoms with E-state index >= 15 is 0 Å². The van der Waals surface area contributed by atoms with Crippen LogP contribution >= 0.6 is 0 Å². The van der Waals surface area contributed by atoms with Crippen LogP contribution in [0.2, 0.25) is 0 Å². The molecule has 0 aliphatic heterocycles. The van der Waals surface area contributed by atoms with Crippen LogP contribution in [0, 0.1) is 0 Å². The summed E-state index contributed by atoms with van der Waals surface area (Å²) in [6, 6.07) is 2.78. The molecule has 5 heteroatoms. The van der Waals surface area contributed by atoms with Crippen molar-refractivity contribution in [2.24, 2.45) is 0 Å². The van der Waals surface area contributed by atoms with Crippen LogP contribution in [0.5, 0.6) is 5.88 Å². The van der Waals surface area contributed by atoms with E-state index in [0.717, 1.165) is 0 Å². The number of hydrogen-bond acceptors (Lipinski definition) is 4. The second-order valence-corrected chi connectivity index (χ2v) is 2.32. The van der Waals surface area contributed by atoms with E-state index in [-0.39, 0.29) is 18.1 Å². The predicted molar refractivity (Wildman–Crippen MR) is 43.7 cm³/mol. The summed E-state index contributed by atoms with van der Waals surface area (Å²) in [6.45, 7) is -0.240. The fourth-order valence-corrected chi connectivity index (χ4v) is 0.885. The first-order valence-electron chi connectivity index (χ1n) is 3.57. The number of ether oxygens (including phenoxy) is 1. The molecule has 1 aromatic heterocycles. The highest BCUT2D eigenvalue weighted by Gasteiger charge is 2.12. The molecule has 1 heterocycles. The van der Waals surface area contributed by atoms with Gasteiger partial charge in [0.1, 0.15) is 5.56 Å². The number of aliphatic hydroxyl groups excluding tert-OH is 1. The van der Waals surface area contributed by atoms with Crippen molar-refractivity contribution in [3.05, 3.63) is 23.4 Å². The number of pyridine rings is 1. The maximum atomic E-state index is 10.6. The van der Waals surface area contributed by atoms with Crippen LogP contribution in [0.1, 0.15) is 16.1 Å². The van der Waals surface area contributed by atoms with E-state index in [1.165, 1.54) is 19.2 Å². The summed E-state index contributed by atoms with van der Waals surface area (Å²) in [6.07, 6.45) is 0. The Morgan fingerprint density at radius 3 is 2.77 bits per heavy atom. The minimum atomic E-state index is -1.10. The highest BCUT2D eigenvalue weighted by molar-refractivity contribution is 5.90. The van der Waals surface area contributed by atoms with E-state index < -0.39 is 5.97 Å². The highest BCUT2D eigenvalue weighted by atomic mass is 16.5. The Morgan fingerprint density at radius 1 is 1.62 bits per heavy atom. The number of hydrogen-bond donors (Lipinski definition) is 2. The zero-order valence-electron chi connectivity index (χ0n) is 7.02. The number of carboxylic acids is 1. The van der Waals surface area contributed by atoms with Gasteiger partial charge in [-0.05, 0) is 12.1 Å². The molecule has 0 bridgehead atoms. The highest BCUT2D eigenvalue weighted by Crippen LogP contribution is 2.15. The van der Waals surface area contributed by atoms with Crippen LogP contribution in [-0.2, 0) is 6.61 Å². The van der Waals surface area contributed by atoms with Crippen molar-refractivity contribution in [2.45, 2.75) is 6.61 Å². The fourth-order valence-electron chi connectivity index (χ4n) is 0.885. The minimum absolute atomic E-state index is 0.0130. The molecule has 0 amide bonds. The minimum Gasteiger partial charge on any atom is -0.480 e. The van der Waals surface area contributed by atoms with Gasteiger partial charge in [0.15, 0.2) is 0 Å². The molecule has 1 aromatic rings. The van der Waals surface area contributed by atoms with Crippen molar-refractivity contribution in [1.29, 1.82) is 0 Å². The molecule has 0 aliphatic carbocycles. The van der Waals surface area contributed by atoms with E-state index in [1.54, 1.807) is 0 Å². The standard InChI is InChI=1S/C8H9NO4/c1-13-7-6(8(11)12)3-2-5(4-10)9-7/h2-3,10H,4H2,1H3,(H,11,12). The lowest BCUT2D eigenvalue weighted by Gasteiger charge is -2.04. The van der Waals surface area contributed by atoms with Crippen LogP contribution in [-0.4, -0.2) is 28.3 Å². The van der Waals surface area contributed by atoms with Crippen LogP contribution in [0.15, 0.2) is 12.1 Å². The van der Waals surface area contributed by atoms with Gasteiger partial charge in [0.2, 0.25) is 5.88 Å². The lowest BCUT2D eigenvalue weighted by molar-refractivity contribution is 0.0692. The van der Waals surface area contributed by atoms with Gasteiger partial charge in [-0.15, -0.1) is 0 Å². The van der Waals surface area contributed by atoms with Crippen molar-refractivity contribution >= 4 is 5.97 Å². The van der Waals surface area contributed by atoms with Crippen molar-refractivity contribution < 1.29 is 19.7 Å². The number of aliphatic hydroxyl groups is 1. The van der Waals surface area contributed by atoms with E-state index in [2.05, 4.69) is 4.98 Å². The number of rotatable bonds is 3. The first-order valence-corrected chi connectivity index (χ1v) is 3.57. The topological polar surface area (TPSA) is 79.7 Å². The maximum absolute atomic E-state index is 10.6. The Labute approximate surface area is 74.6 Å². The summed E-state index contributed by atoms with van der Waals surface area (Å²) in [5.74, 6) is -1.09. The third-order valence-electron chi connectivity index (χ3n) is 1.50. The van der Waals surface area contributed by atoms with E-state index in [4.69, 9.17) is 14.9 Å². The van der Waals surface area contributed by atoms with Gasteiger partial charge in [-0.3, -0.25) is 0 Å². The number of aromatic nitrogens is 1. The van der Waals surface area contributed by atoms with Crippen molar-refractivity contribution in [3.63, 3.8) is 0 Å². The molecule has 0 aliphatic rings. The Morgan fingerprint density at radius 2 is 2.31 bits per heavy atom. The van der Waals surface area contributed by atoms with Gasteiger partial charge in [-0.2, -0.15) is 0 Å².